The molecule has 0 aliphatic rings. The molecule has 0 saturated carbocycles. The lowest BCUT2D eigenvalue weighted by Gasteiger charge is -1.98. The number of benzene rings is 2. The summed E-state index contributed by atoms with van der Waals surface area (Å²) in [4.78, 5) is 0. The van der Waals surface area contributed by atoms with Crippen LogP contribution in [-0.4, -0.2) is 5.11 Å². The minimum Gasteiger partial charge on any atom is -0.508 e. The Morgan fingerprint density at radius 3 is 2.27 bits per heavy atom. The van der Waals surface area contributed by atoms with Gasteiger partial charge < -0.3 is 5.11 Å². The van der Waals surface area contributed by atoms with Gasteiger partial charge in [-0.15, -0.1) is 0 Å². The van der Waals surface area contributed by atoms with Gasteiger partial charge in [-0.2, -0.15) is 5.26 Å². The molecule has 0 saturated heterocycles. The summed E-state index contributed by atoms with van der Waals surface area (Å²) in [5.41, 5.74) is 0.637. The van der Waals surface area contributed by atoms with E-state index in [1.165, 1.54) is 0 Å². The smallest absolute Gasteiger partial charge is 0.116 e. The first-order valence-electron chi connectivity index (χ1n) is 4.92. The van der Waals surface area contributed by atoms with E-state index in [2.05, 4.69) is 6.07 Å². The second-order valence-electron chi connectivity index (χ2n) is 2.86. The highest BCUT2D eigenvalue weighted by Crippen LogP contribution is 2.20. The number of phenolic OH excluding ortho intramolecular Hbond substituents is 1. The number of nitrogens with zero attached hydrogens (tertiary/aromatic N) is 1. The lowest BCUT2D eigenvalue weighted by atomic mass is 10.1. The Hall–Kier alpha value is -2.01. The Balaban J connectivity index is 0.000000531. The van der Waals surface area contributed by atoms with Crippen LogP contribution in [0.25, 0.3) is 10.8 Å². The fourth-order valence-corrected chi connectivity index (χ4v) is 1.30. The van der Waals surface area contributed by atoms with Crippen LogP contribution in [-0.2, 0) is 0 Å². The van der Waals surface area contributed by atoms with Crippen molar-refractivity contribution in [3.63, 3.8) is 0 Å². The Morgan fingerprint density at radius 2 is 1.60 bits per heavy atom. The predicted octanol–water partition coefficient (Wildman–Crippen LogP) is 3.44. The van der Waals surface area contributed by atoms with Crippen molar-refractivity contribution in [1.29, 1.82) is 5.26 Å². The van der Waals surface area contributed by atoms with Crippen LogP contribution < -0.4 is 0 Å². The maximum Gasteiger partial charge on any atom is 0.116 e. The fraction of sp³-hybridized carbons (Fsp3) is 0.154. The summed E-state index contributed by atoms with van der Waals surface area (Å²) >= 11 is 0. The molecule has 0 bridgehead atoms. The first kappa shape index (κ1) is 11.1. The molecule has 0 fully saturated rings. The second-order valence-corrected chi connectivity index (χ2v) is 2.86. The van der Waals surface area contributed by atoms with Gasteiger partial charge in [-0.05, 0) is 35.0 Å². The predicted molar refractivity (Wildman–Crippen MR) is 61.7 cm³/mol. The van der Waals surface area contributed by atoms with Gasteiger partial charge in [-0.25, -0.2) is 0 Å². The zero-order valence-electron chi connectivity index (χ0n) is 8.86. The maximum atomic E-state index is 9.19. The first-order chi connectivity index (χ1) is 7.29. The number of aromatic hydroxyl groups is 1. The number of phenols is 1. The quantitative estimate of drug-likeness (QED) is 0.706. The summed E-state index contributed by atoms with van der Waals surface area (Å²) in [7, 11) is 0. The van der Waals surface area contributed by atoms with Crippen molar-refractivity contribution in [2.24, 2.45) is 0 Å². The monoisotopic (exact) mass is 199 g/mol. The molecule has 15 heavy (non-hydrogen) atoms. The normalized spacial score (nSPS) is 8.87. The van der Waals surface area contributed by atoms with Crippen LogP contribution in [0.15, 0.2) is 36.4 Å². The van der Waals surface area contributed by atoms with Gasteiger partial charge in [0.2, 0.25) is 0 Å². The first-order valence-corrected chi connectivity index (χ1v) is 4.92. The standard InChI is InChI=1S/C11H7NO.C2H6/c12-7-8-1-2-10-6-11(13)4-3-9(10)5-8;1-2/h1-6,13H;1-2H3. The van der Waals surface area contributed by atoms with Gasteiger partial charge in [0.1, 0.15) is 5.75 Å². The zero-order valence-corrected chi connectivity index (χ0v) is 8.86. The minimum atomic E-state index is 0.247. The van der Waals surface area contributed by atoms with Crippen molar-refractivity contribution in [2.75, 3.05) is 0 Å². The zero-order chi connectivity index (χ0) is 11.3. The molecule has 2 rings (SSSR count). The molecular weight excluding hydrogens is 186 g/mol. The van der Waals surface area contributed by atoms with Crippen molar-refractivity contribution < 1.29 is 5.11 Å². The molecular formula is C13H13NO. The molecule has 0 aromatic heterocycles. The molecule has 0 atom stereocenters. The van der Waals surface area contributed by atoms with Crippen LogP contribution in [0, 0.1) is 11.3 Å². The molecule has 0 aliphatic carbocycles. The highest BCUT2D eigenvalue weighted by Gasteiger charge is 1.96. The van der Waals surface area contributed by atoms with Crippen molar-refractivity contribution in [2.45, 2.75) is 13.8 Å². The van der Waals surface area contributed by atoms with Crippen molar-refractivity contribution in [3.05, 3.63) is 42.0 Å². The average Bonchev–Trinajstić information content (AvgIpc) is 2.31. The lowest BCUT2D eigenvalue weighted by Crippen LogP contribution is -1.75. The van der Waals surface area contributed by atoms with Crippen molar-refractivity contribution in [3.8, 4) is 11.8 Å². The van der Waals surface area contributed by atoms with Gasteiger partial charge in [-0.1, -0.05) is 26.0 Å². The number of hydrogen-bond acceptors (Lipinski definition) is 2. The third-order valence-corrected chi connectivity index (χ3v) is 1.95. The Morgan fingerprint density at radius 1 is 1.00 bits per heavy atom. The van der Waals surface area contributed by atoms with E-state index in [4.69, 9.17) is 5.26 Å². The molecule has 1 N–H and O–H groups in total. The largest absolute Gasteiger partial charge is 0.508 e. The van der Waals surface area contributed by atoms with Crippen LogP contribution >= 0.6 is 0 Å². The summed E-state index contributed by atoms with van der Waals surface area (Å²) in [5, 5.41) is 19.8. The van der Waals surface area contributed by atoms with E-state index in [1.807, 2.05) is 19.9 Å². The van der Waals surface area contributed by atoms with Gasteiger partial charge in [0, 0.05) is 0 Å². The van der Waals surface area contributed by atoms with E-state index < -0.39 is 0 Å². The molecule has 2 heteroatoms. The molecule has 2 aromatic carbocycles. The number of nitriles is 1. The Kier molecular flexibility index (Phi) is 3.70. The fourth-order valence-electron chi connectivity index (χ4n) is 1.30. The molecule has 2 aromatic rings. The highest BCUT2D eigenvalue weighted by molar-refractivity contribution is 5.84. The van der Waals surface area contributed by atoms with Crippen LogP contribution in [0.4, 0.5) is 0 Å². The molecule has 0 spiro atoms. The van der Waals surface area contributed by atoms with Crippen LogP contribution in [0.1, 0.15) is 19.4 Å². The van der Waals surface area contributed by atoms with Gasteiger partial charge in [0.25, 0.3) is 0 Å². The Bertz CT molecular complexity index is 497. The van der Waals surface area contributed by atoms with E-state index in [1.54, 1.807) is 30.3 Å². The van der Waals surface area contributed by atoms with Crippen molar-refractivity contribution >= 4 is 10.8 Å². The van der Waals surface area contributed by atoms with Crippen molar-refractivity contribution in [1.82, 2.24) is 0 Å². The summed E-state index contributed by atoms with van der Waals surface area (Å²) in [6.07, 6.45) is 0. The molecule has 76 valence electrons. The molecule has 0 unspecified atom stereocenters. The summed E-state index contributed by atoms with van der Waals surface area (Å²) in [5.74, 6) is 0.247. The van der Waals surface area contributed by atoms with Crippen LogP contribution in [0.5, 0.6) is 5.75 Å². The molecule has 0 heterocycles. The summed E-state index contributed by atoms with van der Waals surface area (Å²) in [6, 6.07) is 12.5. The SMILES string of the molecule is CC.N#Cc1ccc2cc(O)ccc2c1. The van der Waals surface area contributed by atoms with E-state index in [-0.39, 0.29) is 5.75 Å². The maximum absolute atomic E-state index is 9.19. The van der Waals surface area contributed by atoms with Crippen LogP contribution in [0.3, 0.4) is 0 Å². The summed E-state index contributed by atoms with van der Waals surface area (Å²) in [6.45, 7) is 4.00. The van der Waals surface area contributed by atoms with E-state index in [9.17, 15) is 5.11 Å². The molecule has 0 amide bonds. The third-order valence-electron chi connectivity index (χ3n) is 1.95. The third kappa shape index (κ3) is 2.47. The lowest BCUT2D eigenvalue weighted by molar-refractivity contribution is 0.476. The molecule has 2 nitrogen and oxygen atoms in total. The minimum absolute atomic E-state index is 0.247. The number of hydrogen-bond donors (Lipinski definition) is 1. The van der Waals surface area contributed by atoms with Gasteiger partial charge in [0.15, 0.2) is 0 Å². The van der Waals surface area contributed by atoms with Crippen LogP contribution in [0.2, 0.25) is 0 Å². The van der Waals surface area contributed by atoms with E-state index in [0.717, 1.165) is 10.8 Å². The topological polar surface area (TPSA) is 44.0 Å². The van der Waals surface area contributed by atoms with Gasteiger partial charge >= 0.3 is 0 Å². The van der Waals surface area contributed by atoms with E-state index in [0.29, 0.717) is 5.56 Å². The molecule has 0 aliphatic heterocycles. The van der Waals surface area contributed by atoms with E-state index >= 15 is 0 Å². The number of fused-ring (bicyclic) bond motifs is 1. The highest BCUT2D eigenvalue weighted by atomic mass is 16.3. The average molecular weight is 199 g/mol. The second kappa shape index (κ2) is 5.02. The summed E-state index contributed by atoms with van der Waals surface area (Å²) < 4.78 is 0. The van der Waals surface area contributed by atoms with Gasteiger partial charge in [-0.3, -0.25) is 0 Å². The number of rotatable bonds is 0. The Labute approximate surface area is 89.4 Å². The molecule has 0 radical (unpaired) electrons. The van der Waals surface area contributed by atoms with Gasteiger partial charge in [0.05, 0.1) is 11.6 Å².